The average molecular weight is 1770 g/mol. The molecule has 3 aromatic heterocycles. The molecular formula is C133H90N6. The lowest BCUT2D eigenvalue weighted by Crippen LogP contribution is -2.25. The van der Waals surface area contributed by atoms with Gasteiger partial charge >= 0.3 is 0 Å². The highest BCUT2D eigenvalue weighted by Gasteiger charge is 2.51. The molecular weight excluding hydrogens is 1680 g/mol. The van der Waals surface area contributed by atoms with Crippen LogP contribution in [0.5, 0.6) is 0 Å². The van der Waals surface area contributed by atoms with Gasteiger partial charge in [0.1, 0.15) is 0 Å². The van der Waals surface area contributed by atoms with Gasteiger partial charge in [-0.1, -0.05) is 444 Å². The molecule has 0 aliphatic heterocycles. The zero-order valence-corrected chi connectivity index (χ0v) is 76.9. The summed E-state index contributed by atoms with van der Waals surface area (Å²) in [5, 5.41) is 9.50. The molecule has 0 unspecified atom stereocenters. The lowest BCUT2D eigenvalue weighted by Gasteiger charge is -2.30. The molecule has 1 spiro atoms. The lowest BCUT2D eigenvalue weighted by molar-refractivity contribution is 0.660. The molecule has 652 valence electrons. The van der Waals surface area contributed by atoms with Crippen molar-refractivity contribution in [3.63, 3.8) is 0 Å². The fourth-order valence-corrected chi connectivity index (χ4v) is 21.8. The van der Waals surface area contributed by atoms with Gasteiger partial charge in [0, 0.05) is 60.5 Å². The predicted octanol–water partition coefficient (Wildman–Crippen LogP) is 34.2. The minimum absolute atomic E-state index is 0.0301. The molecule has 3 heterocycles. The fourth-order valence-electron chi connectivity index (χ4n) is 21.8. The lowest BCUT2D eigenvalue weighted by atomic mass is 9.70. The highest BCUT2D eigenvalue weighted by atomic mass is 14.9. The van der Waals surface area contributed by atoms with Crippen LogP contribution in [0.4, 0.5) is 0 Å². The van der Waals surface area contributed by atoms with E-state index in [1.54, 1.807) is 0 Å². The summed E-state index contributed by atoms with van der Waals surface area (Å²) in [5.41, 5.74) is 41.8. The number of benzene rings is 21. The SMILES string of the molecule is CC1(C)c2ccccc2-c2ccc(-c3cccc(-c4cccc(-c5nc(-c6ccccc6)c6ccc7ccccc7c6n5)c4)c3)cc21.Cc1ccc(-c2nc(-c3cccc(-c4cccc(-c5cc6ccccc6c6ccccc56)c4)c3)nc3ccccc23)cc1.c1ccc(-c2cc(-c3ccccc3)nc(-c3cccc(-c4ccc5c(c4)-c4ccccc4C54c5ccccc5-c5ccccc54)c3)n2)cc1. The number of rotatable bonds is 12. The van der Waals surface area contributed by atoms with Gasteiger partial charge in [-0.2, -0.15) is 0 Å². The number of fused-ring (bicyclic) bond motifs is 20. The summed E-state index contributed by atoms with van der Waals surface area (Å²) < 4.78 is 0. The second-order valence-electron chi connectivity index (χ2n) is 37.1. The molecule has 0 saturated heterocycles. The van der Waals surface area contributed by atoms with Crippen LogP contribution in [0, 0.1) is 6.92 Å². The van der Waals surface area contributed by atoms with Gasteiger partial charge in [-0.3, -0.25) is 0 Å². The van der Waals surface area contributed by atoms with Crippen LogP contribution >= 0.6 is 0 Å². The van der Waals surface area contributed by atoms with Crippen molar-refractivity contribution in [1.29, 1.82) is 0 Å². The van der Waals surface area contributed by atoms with E-state index >= 15 is 0 Å². The third kappa shape index (κ3) is 14.8. The van der Waals surface area contributed by atoms with Crippen LogP contribution in [-0.4, -0.2) is 29.9 Å². The Kier molecular flexibility index (Phi) is 20.6. The van der Waals surface area contributed by atoms with E-state index in [9.17, 15) is 0 Å². The van der Waals surface area contributed by atoms with E-state index < -0.39 is 0 Å². The normalized spacial score (nSPS) is 12.5. The molecule has 6 heteroatoms. The number of aromatic nitrogens is 6. The summed E-state index contributed by atoms with van der Waals surface area (Å²) in [7, 11) is 0. The van der Waals surface area contributed by atoms with Crippen LogP contribution in [0.3, 0.4) is 0 Å². The molecule has 27 rings (SSSR count). The second-order valence-corrected chi connectivity index (χ2v) is 37.1. The molecule has 0 atom stereocenters. The van der Waals surface area contributed by atoms with Crippen molar-refractivity contribution in [2.24, 2.45) is 0 Å². The fraction of sp³-hybridized carbons (Fsp3) is 0.0376. The molecule has 0 fully saturated rings. The van der Waals surface area contributed by atoms with Gasteiger partial charge in [0.2, 0.25) is 0 Å². The number of aryl methyl sites for hydroxylation is 1. The minimum atomic E-state index is -0.334. The summed E-state index contributed by atoms with van der Waals surface area (Å²) in [6, 6.07) is 176. The molecule has 0 N–H and O–H groups in total. The third-order valence-electron chi connectivity index (χ3n) is 28.5. The standard InChI is InChI=1S/C47H30N2.C45H32N2.C41H28N2/c1-3-14-31(15-4-1)44-30-45(32-16-5-2-6-17-32)49-46(48-44)35-19-13-18-33(28-35)34-26-27-43-39(29-34)38-22-9-12-25-42(38)47(43)40-23-10-7-20-36(40)37-21-8-11-24-41(37)47;1-45(2)40-21-9-8-20-37(40)38-24-23-34(28-41(38)45)32-16-10-15-31(26-32)33-17-11-18-35(27-33)44-46-42(30-13-4-3-5-14-30)39-25-22-29-12-6-7-19-36(29)43(39)47-44;1-27-20-22-28(23-21-27)40-37-18-6-7-19-39(37)42-41(43-40)33-14-9-12-30(25-33)29-11-8-13-31(24-29)38-26-32-10-2-3-15-34(32)35-16-4-5-17-36(35)38/h1-30H;3-28H,1-2H3;2-26H,1H3. The van der Waals surface area contributed by atoms with E-state index in [1.807, 2.05) is 24.3 Å². The van der Waals surface area contributed by atoms with Crippen molar-refractivity contribution in [2.45, 2.75) is 31.6 Å². The molecule has 3 aliphatic rings. The third-order valence-corrected chi connectivity index (χ3v) is 28.5. The van der Waals surface area contributed by atoms with Crippen LogP contribution in [0.2, 0.25) is 0 Å². The Morgan fingerprint density at radius 1 is 0.173 bits per heavy atom. The van der Waals surface area contributed by atoms with Gasteiger partial charge in [0.15, 0.2) is 17.5 Å². The zero-order chi connectivity index (χ0) is 92.7. The van der Waals surface area contributed by atoms with Crippen molar-refractivity contribution >= 4 is 54.1 Å². The van der Waals surface area contributed by atoms with Crippen molar-refractivity contribution in [2.75, 3.05) is 0 Å². The number of nitrogens with zero attached hydrogens (tertiary/aromatic N) is 6. The first kappa shape index (κ1) is 83.0. The Balaban J connectivity index is 0.000000111. The smallest absolute Gasteiger partial charge is 0.160 e. The Hall–Kier alpha value is -17.8. The Morgan fingerprint density at radius 2 is 0.540 bits per heavy atom. The number of hydrogen-bond donors (Lipinski definition) is 0. The first-order chi connectivity index (χ1) is 68.5. The van der Waals surface area contributed by atoms with Crippen molar-refractivity contribution in [3.05, 3.63) is 530 Å². The largest absolute Gasteiger partial charge is 0.228 e. The maximum atomic E-state index is 5.21. The Morgan fingerprint density at radius 3 is 1.12 bits per heavy atom. The van der Waals surface area contributed by atoms with E-state index in [4.69, 9.17) is 29.9 Å². The summed E-state index contributed by atoms with van der Waals surface area (Å²) in [5.74, 6) is 2.17. The molecule has 0 amide bonds. The Labute approximate surface area is 808 Å². The number of hydrogen-bond acceptors (Lipinski definition) is 6. The molecule has 0 bridgehead atoms. The van der Waals surface area contributed by atoms with Gasteiger partial charge in [-0.25, -0.2) is 29.9 Å². The van der Waals surface area contributed by atoms with Crippen LogP contribution < -0.4 is 0 Å². The van der Waals surface area contributed by atoms with Crippen molar-refractivity contribution < 1.29 is 0 Å². The van der Waals surface area contributed by atoms with Gasteiger partial charge in [-0.05, 0) is 223 Å². The summed E-state index contributed by atoms with van der Waals surface area (Å²) in [6.07, 6.45) is 0. The van der Waals surface area contributed by atoms with E-state index in [-0.39, 0.29) is 10.8 Å². The van der Waals surface area contributed by atoms with Gasteiger partial charge < -0.3 is 0 Å². The maximum Gasteiger partial charge on any atom is 0.160 e. The van der Waals surface area contributed by atoms with Gasteiger partial charge in [-0.15, -0.1) is 0 Å². The highest BCUT2D eigenvalue weighted by Crippen LogP contribution is 2.63. The van der Waals surface area contributed by atoms with E-state index in [0.29, 0.717) is 5.82 Å². The molecule has 0 radical (unpaired) electrons. The molecule has 21 aromatic carbocycles. The van der Waals surface area contributed by atoms with Gasteiger partial charge in [0.25, 0.3) is 0 Å². The predicted molar refractivity (Wildman–Crippen MR) is 577 cm³/mol. The minimum Gasteiger partial charge on any atom is -0.228 e. The summed E-state index contributed by atoms with van der Waals surface area (Å²) >= 11 is 0. The van der Waals surface area contributed by atoms with Crippen molar-refractivity contribution in [1.82, 2.24) is 29.9 Å². The van der Waals surface area contributed by atoms with Crippen LogP contribution in [-0.2, 0) is 10.8 Å². The molecule has 6 nitrogen and oxygen atoms in total. The quantitative estimate of drug-likeness (QED) is 0.113. The van der Waals surface area contributed by atoms with Crippen LogP contribution in [0.15, 0.2) is 491 Å². The highest BCUT2D eigenvalue weighted by molar-refractivity contribution is 6.14. The first-order valence-electron chi connectivity index (χ1n) is 47.8. The molecule has 3 aliphatic carbocycles. The zero-order valence-electron chi connectivity index (χ0n) is 76.9. The molecule has 24 aromatic rings. The van der Waals surface area contributed by atoms with E-state index in [2.05, 4.69) is 488 Å². The van der Waals surface area contributed by atoms with Crippen LogP contribution in [0.1, 0.15) is 52.8 Å². The van der Waals surface area contributed by atoms with Gasteiger partial charge in [0.05, 0.1) is 39.2 Å². The van der Waals surface area contributed by atoms with E-state index in [1.165, 1.54) is 133 Å². The van der Waals surface area contributed by atoms with E-state index in [0.717, 1.165) is 123 Å². The molecule has 139 heavy (non-hydrogen) atoms. The van der Waals surface area contributed by atoms with Crippen molar-refractivity contribution in [3.8, 4) is 168 Å². The van der Waals surface area contributed by atoms with Crippen LogP contribution in [0.25, 0.3) is 222 Å². The Bertz CT molecular complexity index is 8890. The second kappa shape index (κ2) is 34.6. The summed E-state index contributed by atoms with van der Waals surface area (Å²) in [4.78, 5) is 30.7. The first-order valence-corrected chi connectivity index (χ1v) is 47.8. The maximum absolute atomic E-state index is 5.21. The number of para-hydroxylation sites is 1. The molecule has 0 saturated carbocycles. The topological polar surface area (TPSA) is 77.3 Å². The average Bonchev–Trinajstić information content (AvgIpc) is 1.51. The summed E-state index contributed by atoms with van der Waals surface area (Å²) in [6.45, 7) is 6.78. The monoisotopic (exact) mass is 1770 g/mol.